The molecule has 13 heteroatoms. The third kappa shape index (κ3) is 7.15. The lowest BCUT2D eigenvalue weighted by Gasteiger charge is -2.08. The minimum absolute atomic E-state index is 0.352. The number of rotatable bonds is 5. The van der Waals surface area contributed by atoms with Crippen molar-refractivity contribution in [1.29, 1.82) is 0 Å². The van der Waals surface area contributed by atoms with Gasteiger partial charge in [-0.3, -0.25) is 4.79 Å². The fourth-order valence-electron chi connectivity index (χ4n) is 1.64. The van der Waals surface area contributed by atoms with E-state index in [-0.39, 0.29) is 5.91 Å². The van der Waals surface area contributed by atoms with Crippen LogP contribution >= 0.6 is 34.5 Å². The number of alkyl halides is 3. The maximum atomic E-state index is 12.2. The van der Waals surface area contributed by atoms with Crippen LogP contribution in [0.1, 0.15) is 15.9 Å². The van der Waals surface area contributed by atoms with Crippen LogP contribution in [0.25, 0.3) is 0 Å². The first-order valence-corrected chi connectivity index (χ1v) is 8.89. The van der Waals surface area contributed by atoms with Crippen molar-refractivity contribution in [3.63, 3.8) is 0 Å². The molecule has 0 bridgehead atoms. The van der Waals surface area contributed by atoms with Gasteiger partial charge in [0.05, 0.1) is 9.90 Å². The third-order valence-electron chi connectivity index (χ3n) is 2.87. The molecule has 1 amide bonds. The number of nitrogens with two attached hydrogens (primary N) is 1. The minimum atomic E-state index is -5.08. The highest BCUT2D eigenvalue weighted by molar-refractivity contribution is 7.20. The lowest BCUT2D eigenvalue weighted by Crippen LogP contribution is -2.21. The van der Waals surface area contributed by atoms with Crippen LogP contribution in [0.2, 0.25) is 8.67 Å². The normalized spacial score (nSPS) is 10.7. The second kappa shape index (κ2) is 10.5. The van der Waals surface area contributed by atoms with E-state index < -0.39 is 12.1 Å². The number of aromatic nitrogens is 1. The SMILES string of the molecule is Cc1c(Cl)sc(Cl)c1C(=O)Nc1cc(OCCN)ccn1.O=C(O)C(F)(F)F. The highest BCUT2D eigenvalue weighted by Gasteiger charge is 2.38. The molecule has 0 fully saturated rings. The van der Waals surface area contributed by atoms with E-state index in [2.05, 4.69) is 10.3 Å². The number of hydrogen-bond acceptors (Lipinski definition) is 6. The van der Waals surface area contributed by atoms with Crippen molar-refractivity contribution in [2.45, 2.75) is 13.1 Å². The summed E-state index contributed by atoms with van der Waals surface area (Å²) in [5, 5.41) is 9.80. The Bertz CT molecular complexity index is 846. The van der Waals surface area contributed by atoms with Crippen molar-refractivity contribution >= 4 is 52.2 Å². The van der Waals surface area contributed by atoms with Gasteiger partial charge in [0.2, 0.25) is 0 Å². The number of carboxylic acid groups (broad SMARTS) is 1. The Labute approximate surface area is 171 Å². The minimum Gasteiger partial charge on any atom is -0.492 e. The second-order valence-electron chi connectivity index (χ2n) is 4.92. The zero-order valence-corrected chi connectivity index (χ0v) is 16.5. The standard InChI is InChI=1S/C13H13Cl2N3O2S.C2HF3O2/c1-7-10(12(15)21-11(7)14)13(19)18-9-6-8(2-4-17-9)20-5-3-16;3-2(4,5)1(6)7/h2,4,6H,3,5,16H2,1H3,(H,17,18,19);(H,6,7). The number of carboxylic acids is 1. The highest BCUT2D eigenvalue weighted by Crippen LogP contribution is 2.36. The van der Waals surface area contributed by atoms with E-state index in [0.29, 0.717) is 44.5 Å². The summed E-state index contributed by atoms with van der Waals surface area (Å²) in [6.07, 6.45) is -3.55. The molecule has 0 aliphatic rings. The maximum absolute atomic E-state index is 12.2. The van der Waals surface area contributed by atoms with E-state index in [1.807, 2.05) is 0 Å². The number of thiophene rings is 1. The van der Waals surface area contributed by atoms with Crippen LogP contribution in [-0.2, 0) is 4.79 Å². The molecule has 7 nitrogen and oxygen atoms in total. The molecule has 2 aromatic heterocycles. The smallest absolute Gasteiger partial charge is 0.490 e. The number of anilines is 1. The number of aliphatic carboxylic acids is 1. The van der Waals surface area contributed by atoms with Crippen LogP contribution in [0.4, 0.5) is 19.0 Å². The van der Waals surface area contributed by atoms with Gasteiger partial charge < -0.3 is 20.9 Å². The van der Waals surface area contributed by atoms with Crippen molar-refractivity contribution in [2.75, 3.05) is 18.5 Å². The number of hydrogen-bond donors (Lipinski definition) is 3. The monoisotopic (exact) mass is 459 g/mol. The van der Waals surface area contributed by atoms with Gasteiger partial charge in [0.1, 0.15) is 22.5 Å². The molecular formula is C15H14Cl2F3N3O4S. The van der Waals surface area contributed by atoms with Gasteiger partial charge in [0.15, 0.2) is 0 Å². The average Bonchev–Trinajstić information content (AvgIpc) is 2.85. The van der Waals surface area contributed by atoms with Gasteiger partial charge in [-0.1, -0.05) is 23.2 Å². The summed E-state index contributed by atoms with van der Waals surface area (Å²) in [5.74, 6) is -2.17. The molecule has 2 aromatic rings. The van der Waals surface area contributed by atoms with Crippen LogP contribution in [0.3, 0.4) is 0 Å². The predicted octanol–water partition coefficient (Wildman–Crippen LogP) is 3.98. The first-order valence-electron chi connectivity index (χ1n) is 7.32. The molecule has 2 heterocycles. The van der Waals surface area contributed by atoms with Crippen molar-refractivity contribution in [3.05, 3.63) is 38.1 Å². The molecule has 0 aliphatic heterocycles. The molecule has 4 N–H and O–H groups in total. The fourth-order valence-corrected chi connectivity index (χ4v) is 3.30. The van der Waals surface area contributed by atoms with Crippen molar-refractivity contribution in [3.8, 4) is 5.75 Å². The number of nitrogens with one attached hydrogen (secondary N) is 1. The summed E-state index contributed by atoms with van der Waals surface area (Å²) >= 11 is 13.2. The Kier molecular flexibility index (Phi) is 8.95. The third-order valence-corrected chi connectivity index (χ3v) is 4.68. The average molecular weight is 460 g/mol. The lowest BCUT2D eigenvalue weighted by molar-refractivity contribution is -0.192. The molecule has 0 spiro atoms. The molecule has 0 unspecified atom stereocenters. The number of pyridine rings is 1. The molecule has 154 valence electrons. The zero-order valence-electron chi connectivity index (χ0n) is 14.1. The Morgan fingerprint density at radius 3 is 2.43 bits per heavy atom. The van der Waals surface area contributed by atoms with Crippen molar-refractivity contribution < 1.29 is 32.6 Å². The van der Waals surface area contributed by atoms with Gasteiger partial charge in [-0.15, -0.1) is 11.3 Å². The quantitative estimate of drug-likeness (QED) is 0.622. The van der Waals surface area contributed by atoms with Gasteiger partial charge in [-0.05, 0) is 18.6 Å². The fraction of sp³-hybridized carbons (Fsp3) is 0.267. The first kappa shape index (κ1) is 24.0. The topological polar surface area (TPSA) is 115 Å². The molecule has 0 radical (unpaired) electrons. The number of nitrogens with zero attached hydrogens (tertiary/aromatic N) is 1. The van der Waals surface area contributed by atoms with E-state index in [4.69, 9.17) is 43.6 Å². The molecule has 0 atom stereocenters. The van der Waals surface area contributed by atoms with E-state index in [1.165, 1.54) is 6.20 Å². The number of halogens is 5. The number of amides is 1. The van der Waals surface area contributed by atoms with E-state index in [1.54, 1.807) is 19.1 Å². The first-order chi connectivity index (χ1) is 13.0. The lowest BCUT2D eigenvalue weighted by atomic mass is 10.2. The van der Waals surface area contributed by atoms with Crippen molar-refractivity contribution in [1.82, 2.24) is 4.98 Å². The largest absolute Gasteiger partial charge is 0.492 e. The Hall–Kier alpha value is -2.08. The Balaban J connectivity index is 0.000000480. The summed E-state index contributed by atoms with van der Waals surface area (Å²) in [6.45, 7) is 2.54. The summed E-state index contributed by atoms with van der Waals surface area (Å²) < 4.78 is 38.0. The second-order valence-corrected chi connectivity index (χ2v) is 7.15. The maximum Gasteiger partial charge on any atom is 0.490 e. The number of carbonyl (C=O) groups excluding carboxylic acids is 1. The molecular weight excluding hydrogens is 446 g/mol. The van der Waals surface area contributed by atoms with E-state index in [0.717, 1.165) is 11.3 Å². The van der Waals surface area contributed by atoms with Gasteiger partial charge in [-0.2, -0.15) is 13.2 Å². The molecule has 0 aromatic carbocycles. The number of carbonyl (C=O) groups is 2. The summed E-state index contributed by atoms with van der Waals surface area (Å²) in [5.41, 5.74) is 6.39. The number of ether oxygens (including phenoxy) is 1. The van der Waals surface area contributed by atoms with E-state index in [9.17, 15) is 18.0 Å². The van der Waals surface area contributed by atoms with Crippen LogP contribution in [0.5, 0.6) is 5.75 Å². The molecule has 28 heavy (non-hydrogen) atoms. The van der Waals surface area contributed by atoms with E-state index >= 15 is 0 Å². The Morgan fingerprint density at radius 1 is 1.36 bits per heavy atom. The zero-order chi connectivity index (χ0) is 21.5. The summed E-state index contributed by atoms with van der Waals surface area (Å²) in [7, 11) is 0. The van der Waals surface area contributed by atoms with Gasteiger partial charge in [-0.25, -0.2) is 9.78 Å². The van der Waals surface area contributed by atoms with Crippen LogP contribution in [0.15, 0.2) is 18.3 Å². The molecule has 2 rings (SSSR count). The summed E-state index contributed by atoms with van der Waals surface area (Å²) in [6, 6.07) is 3.30. The molecule has 0 saturated heterocycles. The van der Waals surface area contributed by atoms with Crippen LogP contribution in [0, 0.1) is 6.92 Å². The Morgan fingerprint density at radius 2 is 1.96 bits per heavy atom. The van der Waals surface area contributed by atoms with Crippen LogP contribution in [-0.4, -0.2) is 41.3 Å². The van der Waals surface area contributed by atoms with Gasteiger partial charge in [0, 0.05) is 18.8 Å². The van der Waals surface area contributed by atoms with Gasteiger partial charge >= 0.3 is 12.1 Å². The highest BCUT2D eigenvalue weighted by atomic mass is 35.5. The molecule has 0 saturated carbocycles. The van der Waals surface area contributed by atoms with Gasteiger partial charge in [0.25, 0.3) is 5.91 Å². The van der Waals surface area contributed by atoms with Crippen LogP contribution < -0.4 is 15.8 Å². The summed E-state index contributed by atoms with van der Waals surface area (Å²) in [4.78, 5) is 25.2. The molecule has 0 aliphatic carbocycles. The van der Waals surface area contributed by atoms with Crippen molar-refractivity contribution in [2.24, 2.45) is 5.73 Å². The predicted molar refractivity (Wildman–Crippen MR) is 99.5 cm³/mol.